The molecule has 0 fully saturated rings. The summed E-state index contributed by atoms with van der Waals surface area (Å²) in [4.78, 5) is 8.90. The summed E-state index contributed by atoms with van der Waals surface area (Å²) < 4.78 is 56.0. The van der Waals surface area contributed by atoms with Crippen molar-refractivity contribution in [3.63, 3.8) is 0 Å². The lowest BCUT2D eigenvalue weighted by Gasteiger charge is -2.14. The first-order chi connectivity index (χ1) is 14.9. The highest BCUT2D eigenvalue weighted by molar-refractivity contribution is 5.80. The van der Waals surface area contributed by atoms with Crippen molar-refractivity contribution in [2.24, 2.45) is 0 Å². The zero-order chi connectivity index (χ0) is 22.0. The molecule has 158 valence electrons. The van der Waals surface area contributed by atoms with Gasteiger partial charge in [-0.1, -0.05) is 30.3 Å². The Balaban J connectivity index is 1.87. The third-order valence-electron chi connectivity index (χ3n) is 4.55. The zero-order valence-electron chi connectivity index (χ0n) is 16.6. The first kappa shape index (κ1) is 20.5. The quantitative estimate of drug-likeness (QED) is 0.385. The average molecular weight is 426 g/mol. The van der Waals surface area contributed by atoms with Crippen LogP contribution in [0.2, 0.25) is 0 Å². The molecule has 1 heterocycles. The van der Waals surface area contributed by atoms with Crippen molar-refractivity contribution in [3.8, 4) is 34.4 Å². The Morgan fingerprint density at radius 2 is 1.35 bits per heavy atom. The van der Waals surface area contributed by atoms with Crippen molar-refractivity contribution in [2.45, 2.75) is 6.18 Å². The fourth-order valence-electron chi connectivity index (χ4n) is 3.02. The number of aromatic nitrogens is 2. The van der Waals surface area contributed by atoms with Gasteiger partial charge in [-0.05, 0) is 18.2 Å². The van der Waals surface area contributed by atoms with E-state index in [1.54, 1.807) is 42.5 Å². The van der Waals surface area contributed by atoms with Crippen molar-refractivity contribution in [2.75, 3.05) is 14.2 Å². The van der Waals surface area contributed by atoms with Gasteiger partial charge in [-0.2, -0.15) is 13.2 Å². The molecule has 0 radical (unpaired) electrons. The number of rotatable bonds is 5. The van der Waals surface area contributed by atoms with Gasteiger partial charge in [0.15, 0.2) is 0 Å². The predicted octanol–water partition coefficient (Wildman–Crippen LogP) is 6.13. The fourth-order valence-corrected chi connectivity index (χ4v) is 3.02. The summed E-state index contributed by atoms with van der Waals surface area (Å²) in [5, 5.41) is 0. The van der Waals surface area contributed by atoms with Crippen molar-refractivity contribution < 1.29 is 27.4 Å². The maximum atomic E-state index is 13.2. The molecule has 0 aliphatic rings. The van der Waals surface area contributed by atoms with E-state index in [1.807, 2.05) is 6.07 Å². The van der Waals surface area contributed by atoms with Crippen molar-refractivity contribution >= 4 is 11.0 Å². The monoisotopic (exact) mass is 426 g/mol. The topological polar surface area (TPSA) is 53.5 Å². The zero-order valence-corrected chi connectivity index (χ0v) is 16.6. The van der Waals surface area contributed by atoms with Crippen LogP contribution in [0.3, 0.4) is 0 Å². The minimum absolute atomic E-state index is 0.115. The number of methoxy groups -OCH3 is 2. The van der Waals surface area contributed by atoms with Gasteiger partial charge < -0.3 is 14.2 Å². The summed E-state index contributed by atoms with van der Waals surface area (Å²) in [6.07, 6.45) is -4.48. The molecule has 0 spiro atoms. The molecule has 0 aliphatic carbocycles. The molecule has 3 aromatic carbocycles. The van der Waals surface area contributed by atoms with Crippen LogP contribution in [-0.2, 0) is 6.18 Å². The number of halogens is 3. The normalized spacial score (nSPS) is 11.4. The molecule has 0 saturated heterocycles. The van der Waals surface area contributed by atoms with E-state index in [0.29, 0.717) is 28.5 Å². The van der Waals surface area contributed by atoms with Crippen molar-refractivity contribution in [1.29, 1.82) is 0 Å². The van der Waals surface area contributed by atoms with E-state index in [0.717, 1.165) is 12.1 Å². The van der Waals surface area contributed by atoms with E-state index < -0.39 is 11.7 Å². The molecule has 0 unspecified atom stereocenters. The van der Waals surface area contributed by atoms with Gasteiger partial charge >= 0.3 is 6.18 Å². The van der Waals surface area contributed by atoms with Gasteiger partial charge in [0.25, 0.3) is 0 Å². The highest BCUT2D eigenvalue weighted by atomic mass is 19.4. The summed E-state index contributed by atoms with van der Waals surface area (Å²) in [5.74, 6) is 1.56. The minimum atomic E-state index is -4.48. The molecular weight excluding hydrogens is 409 g/mol. The van der Waals surface area contributed by atoms with Crippen LogP contribution < -0.4 is 14.2 Å². The SMILES string of the molecule is COc1cc(OC)cc(Oc2nc3ccc(C(F)(F)F)cc3nc2-c2ccccc2)c1. The Hall–Kier alpha value is -3.81. The molecule has 8 heteroatoms. The molecule has 1 aromatic heterocycles. The maximum absolute atomic E-state index is 13.2. The van der Waals surface area contributed by atoms with E-state index in [9.17, 15) is 13.2 Å². The van der Waals surface area contributed by atoms with Gasteiger partial charge in [-0.3, -0.25) is 0 Å². The lowest BCUT2D eigenvalue weighted by atomic mass is 10.1. The number of ether oxygens (including phenoxy) is 3. The highest BCUT2D eigenvalue weighted by Gasteiger charge is 2.31. The van der Waals surface area contributed by atoms with E-state index in [-0.39, 0.29) is 16.9 Å². The smallest absolute Gasteiger partial charge is 0.416 e. The average Bonchev–Trinajstić information content (AvgIpc) is 2.78. The third-order valence-corrected chi connectivity index (χ3v) is 4.55. The molecule has 0 amide bonds. The third kappa shape index (κ3) is 4.37. The first-order valence-electron chi connectivity index (χ1n) is 9.23. The van der Waals surface area contributed by atoms with Gasteiger partial charge in [-0.15, -0.1) is 0 Å². The summed E-state index contributed by atoms with van der Waals surface area (Å²) in [7, 11) is 3.03. The molecular formula is C23H17F3N2O3. The standard InChI is InChI=1S/C23H17F3N2O3/c1-29-16-11-17(30-2)13-18(12-16)31-22-21(14-6-4-3-5-7-14)27-20-10-15(23(24,25)26)8-9-19(20)28-22/h3-13H,1-2H3. The lowest BCUT2D eigenvalue weighted by molar-refractivity contribution is -0.137. The Labute approximate surface area is 176 Å². The summed E-state index contributed by atoms with van der Waals surface area (Å²) >= 11 is 0. The summed E-state index contributed by atoms with van der Waals surface area (Å²) in [6, 6.07) is 17.2. The van der Waals surface area contributed by atoms with Crippen LogP contribution >= 0.6 is 0 Å². The van der Waals surface area contributed by atoms with E-state index in [2.05, 4.69) is 9.97 Å². The first-order valence-corrected chi connectivity index (χ1v) is 9.23. The number of hydrogen-bond donors (Lipinski definition) is 0. The molecule has 4 aromatic rings. The molecule has 0 aliphatic heterocycles. The summed E-state index contributed by atoms with van der Waals surface area (Å²) in [5.41, 5.74) is 0.565. The highest BCUT2D eigenvalue weighted by Crippen LogP contribution is 2.36. The molecule has 0 saturated carbocycles. The minimum Gasteiger partial charge on any atom is -0.496 e. The van der Waals surface area contributed by atoms with Crippen LogP contribution in [0.5, 0.6) is 23.1 Å². The van der Waals surface area contributed by atoms with Gasteiger partial charge in [0, 0.05) is 23.8 Å². The van der Waals surface area contributed by atoms with E-state index in [1.165, 1.54) is 20.3 Å². The maximum Gasteiger partial charge on any atom is 0.416 e. The van der Waals surface area contributed by atoms with Crippen LogP contribution in [0.4, 0.5) is 13.2 Å². The number of fused-ring (bicyclic) bond motifs is 1. The number of benzene rings is 3. The van der Waals surface area contributed by atoms with Crippen LogP contribution in [0.25, 0.3) is 22.3 Å². The summed E-state index contributed by atoms with van der Waals surface area (Å²) in [6.45, 7) is 0. The lowest BCUT2D eigenvalue weighted by Crippen LogP contribution is -2.05. The van der Waals surface area contributed by atoms with Gasteiger partial charge in [0.1, 0.15) is 22.9 Å². The molecule has 0 bridgehead atoms. The second-order valence-corrected chi connectivity index (χ2v) is 6.60. The number of hydrogen-bond acceptors (Lipinski definition) is 5. The number of nitrogens with zero attached hydrogens (tertiary/aromatic N) is 2. The second-order valence-electron chi connectivity index (χ2n) is 6.60. The van der Waals surface area contributed by atoms with Crippen molar-refractivity contribution in [1.82, 2.24) is 9.97 Å². The van der Waals surface area contributed by atoms with Gasteiger partial charge in [0.2, 0.25) is 5.88 Å². The largest absolute Gasteiger partial charge is 0.496 e. The van der Waals surface area contributed by atoms with E-state index >= 15 is 0 Å². The molecule has 31 heavy (non-hydrogen) atoms. The molecule has 0 N–H and O–H groups in total. The van der Waals surface area contributed by atoms with Crippen LogP contribution in [0.15, 0.2) is 66.7 Å². The Morgan fingerprint density at radius 3 is 1.97 bits per heavy atom. The molecule has 0 atom stereocenters. The van der Waals surface area contributed by atoms with Crippen LogP contribution in [0.1, 0.15) is 5.56 Å². The number of alkyl halides is 3. The van der Waals surface area contributed by atoms with Crippen LogP contribution in [0, 0.1) is 0 Å². The Bertz CT molecular complexity index is 1210. The molecule has 5 nitrogen and oxygen atoms in total. The van der Waals surface area contributed by atoms with Gasteiger partial charge in [0.05, 0.1) is 30.8 Å². The van der Waals surface area contributed by atoms with Crippen molar-refractivity contribution in [3.05, 3.63) is 72.3 Å². The van der Waals surface area contributed by atoms with E-state index in [4.69, 9.17) is 14.2 Å². The van der Waals surface area contributed by atoms with Crippen LogP contribution in [-0.4, -0.2) is 24.2 Å². The Morgan fingerprint density at radius 1 is 0.710 bits per heavy atom. The fraction of sp³-hybridized carbons (Fsp3) is 0.130. The van der Waals surface area contributed by atoms with Gasteiger partial charge in [-0.25, -0.2) is 9.97 Å². The Kier molecular flexibility index (Phi) is 5.37. The molecule has 4 rings (SSSR count). The predicted molar refractivity (Wildman–Crippen MR) is 110 cm³/mol. The second kappa shape index (κ2) is 8.14.